The molecule has 0 unspecified atom stereocenters. The molecule has 0 aliphatic heterocycles. The Hall–Kier alpha value is -1.89. The Labute approximate surface area is 177 Å². The second kappa shape index (κ2) is 9.71. The van der Waals surface area contributed by atoms with Gasteiger partial charge in [0.1, 0.15) is 22.5 Å². The molecule has 4 aromatic rings. The summed E-state index contributed by atoms with van der Waals surface area (Å²) in [4.78, 5) is 8.45. The number of benzene rings is 2. The number of rotatable bonds is 0. The van der Waals surface area contributed by atoms with Crippen LogP contribution in [-0.4, -0.2) is 20.2 Å². The topological polar surface area (TPSA) is 66.2 Å². The minimum atomic E-state index is 0. The summed E-state index contributed by atoms with van der Waals surface area (Å²) in [5.74, 6) is 0.493. The minimum Gasteiger partial charge on any atom is -0.506 e. The molecular weight excluding hydrogens is 431 g/mol. The first kappa shape index (κ1) is 22.1. The third kappa shape index (κ3) is 5.06. The fourth-order valence-corrected chi connectivity index (χ4v) is 2.46. The molecule has 0 radical (unpaired) electrons. The van der Waals surface area contributed by atoms with Gasteiger partial charge in [-0.3, -0.25) is 0 Å². The van der Waals surface area contributed by atoms with Crippen molar-refractivity contribution in [3.05, 3.63) is 72.1 Å². The molecule has 0 amide bonds. The maximum absolute atomic E-state index is 9.43. The van der Waals surface area contributed by atoms with E-state index in [-0.39, 0.29) is 50.5 Å². The molecule has 0 saturated heterocycles. The van der Waals surface area contributed by atoms with E-state index in [0.717, 1.165) is 22.2 Å². The second-order valence-corrected chi connectivity index (χ2v) is 5.60. The number of nitrogens with zero attached hydrogens (tertiary/aromatic N) is 2. The molecule has 6 heteroatoms. The minimum absolute atomic E-state index is 0. The van der Waals surface area contributed by atoms with E-state index in [1.807, 2.05) is 62.4 Å². The Balaban J connectivity index is 0.000000241. The van der Waals surface area contributed by atoms with Gasteiger partial charge in [0, 0.05) is 61.1 Å². The van der Waals surface area contributed by atoms with E-state index in [1.54, 1.807) is 12.1 Å². The molecule has 0 spiro atoms. The van der Waals surface area contributed by atoms with Crippen LogP contribution in [0.1, 0.15) is 11.4 Å². The number of phenols is 2. The van der Waals surface area contributed by atoms with Gasteiger partial charge in [0.15, 0.2) is 0 Å². The Morgan fingerprint density at radius 1 is 0.577 bits per heavy atom. The van der Waals surface area contributed by atoms with E-state index in [0.29, 0.717) is 11.0 Å². The number of para-hydroxylation sites is 2. The van der Waals surface area contributed by atoms with Gasteiger partial charge in [-0.2, -0.15) is 0 Å². The van der Waals surface area contributed by atoms with Crippen molar-refractivity contribution in [2.24, 2.45) is 0 Å². The van der Waals surface area contributed by atoms with Crippen molar-refractivity contribution in [3.8, 4) is 11.5 Å². The number of pyridine rings is 2. The van der Waals surface area contributed by atoms with Crippen LogP contribution < -0.4 is 0 Å². The van der Waals surface area contributed by atoms with Gasteiger partial charge in [0.2, 0.25) is 0 Å². The zero-order valence-electron chi connectivity index (χ0n) is 15.0. The summed E-state index contributed by atoms with van der Waals surface area (Å²) in [7, 11) is 0. The van der Waals surface area contributed by atoms with Crippen LogP contribution in [0.15, 0.2) is 60.7 Å². The largest absolute Gasteiger partial charge is 0.506 e. The molecular formula is C20H18N2O2Zn2. The van der Waals surface area contributed by atoms with E-state index < -0.39 is 0 Å². The quantitative estimate of drug-likeness (QED) is 0.389. The monoisotopic (exact) mass is 446 g/mol. The maximum Gasteiger partial charge on any atom is 0.141 e. The average molecular weight is 449 g/mol. The standard InChI is InChI=1S/2C10H9NO.2Zn/c2*1-7-5-6-8-3-2-4-9(12)10(8)11-7;;/h2*2-6,12H,1H3;;. The first-order valence-corrected chi connectivity index (χ1v) is 7.65. The summed E-state index contributed by atoms with van der Waals surface area (Å²) in [5.41, 5.74) is 3.20. The SMILES string of the molecule is Cc1ccc2cccc(O)c2n1.Cc1ccc2cccc(O)c2n1.[Zn].[Zn]. The number of phenolic OH excluding ortho intramolecular Hbond substituents is 2. The van der Waals surface area contributed by atoms with Crippen molar-refractivity contribution in [3.63, 3.8) is 0 Å². The zero-order chi connectivity index (χ0) is 17.1. The summed E-state index contributed by atoms with van der Waals surface area (Å²) < 4.78 is 0. The molecule has 2 aromatic carbocycles. The van der Waals surface area contributed by atoms with Crippen LogP contribution in [0, 0.1) is 13.8 Å². The average Bonchev–Trinajstić information content (AvgIpc) is 2.57. The molecule has 2 N–H and O–H groups in total. The van der Waals surface area contributed by atoms with Gasteiger partial charge in [-0.15, -0.1) is 0 Å². The van der Waals surface area contributed by atoms with Gasteiger partial charge in [-0.25, -0.2) is 9.97 Å². The number of aryl methyl sites for hydroxylation is 2. The van der Waals surface area contributed by atoms with Crippen LogP contribution >= 0.6 is 0 Å². The summed E-state index contributed by atoms with van der Waals surface area (Å²) >= 11 is 0. The Bertz CT molecular complexity index is 940. The molecule has 2 heterocycles. The van der Waals surface area contributed by atoms with Crippen molar-refractivity contribution in [1.29, 1.82) is 0 Å². The van der Waals surface area contributed by atoms with Crippen molar-refractivity contribution in [2.45, 2.75) is 13.8 Å². The number of aromatic nitrogens is 2. The maximum atomic E-state index is 9.43. The Kier molecular flexibility index (Phi) is 8.27. The van der Waals surface area contributed by atoms with Crippen LogP contribution in [0.3, 0.4) is 0 Å². The second-order valence-electron chi connectivity index (χ2n) is 5.60. The van der Waals surface area contributed by atoms with E-state index in [4.69, 9.17) is 0 Å². The number of fused-ring (bicyclic) bond motifs is 2. The fourth-order valence-electron chi connectivity index (χ4n) is 2.46. The van der Waals surface area contributed by atoms with Gasteiger partial charge in [0.05, 0.1) is 0 Å². The van der Waals surface area contributed by atoms with E-state index in [2.05, 4.69) is 9.97 Å². The van der Waals surface area contributed by atoms with Crippen LogP contribution in [-0.2, 0) is 39.0 Å². The van der Waals surface area contributed by atoms with Gasteiger partial charge in [-0.05, 0) is 38.1 Å². The van der Waals surface area contributed by atoms with Crippen molar-refractivity contribution in [2.75, 3.05) is 0 Å². The molecule has 2 aromatic heterocycles. The summed E-state index contributed by atoms with van der Waals surface area (Å²) in [5, 5.41) is 20.8. The number of hydrogen-bond donors (Lipinski definition) is 2. The molecule has 0 aliphatic carbocycles. The number of aromatic hydroxyl groups is 2. The van der Waals surface area contributed by atoms with Gasteiger partial charge < -0.3 is 10.2 Å². The first-order valence-electron chi connectivity index (χ1n) is 7.65. The van der Waals surface area contributed by atoms with E-state index in [9.17, 15) is 10.2 Å². The Morgan fingerprint density at radius 3 is 1.35 bits per heavy atom. The molecule has 0 bridgehead atoms. The first-order chi connectivity index (χ1) is 11.5. The van der Waals surface area contributed by atoms with Gasteiger partial charge >= 0.3 is 0 Å². The summed E-state index contributed by atoms with van der Waals surface area (Å²) in [6, 6.07) is 18.6. The van der Waals surface area contributed by atoms with Crippen molar-refractivity contribution in [1.82, 2.24) is 9.97 Å². The van der Waals surface area contributed by atoms with Crippen LogP contribution in [0.25, 0.3) is 21.8 Å². The van der Waals surface area contributed by atoms with Gasteiger partial charge in [0.25, 0.3) is 0 Å². The molecule has 0 saturated carbocycles. The smallest absolute Gasteiger partial charge is 0.141 e. The zero-order valence-corrected chi connectivity index (χ0v) is 20.9. The third-order valence-electron chi connectivity index (χ3n) is 3.68. The molecule has 0 aliphatic rings. The predicted molar refractivity (Wildman–Crippen MR) is 96.3 cm³/mol. The number of hydrogen-bond acceptors (Lipinski definition) is 4. The van der Waals surface area contributed by atoms with Crippen LogP contribution in [0.5, 0.6) is 11.5 Å². The molecule has 0 fully saturated rings. The van der Waals surface area contributed by atoms with E-state index in [1.165, 1.54) is 0 Å². The van der Waals surface area contributed by atoms with E-state index >= 15 is 0 Å². The molecule has 0 atom stereocenters. The molecule has 124 valence electrons. The normalized spacial score (nSPS) is 9.62. The molecule has 26 heavy (non-hydrogen) atoms. The molecule has 4 rings (SSSR count). The van der Waals surface area contributed by atoms with Crippen LogP contribution in [0.2, 0.25) is 0 Å². The van der Waals surface area contributed by atoms with Crippen molar-refractivity contribution < 1.29 is 49.2 Å². The van der Waals surface area contributed by atoms with Crippen LogP contribution in [0.4, 0.5) is 0 Å². The summed E-state index contributed by atoms with van der Waals surface area (Å²) in [6.07, 6.45) is 0. The van der Waals surface area contributed by atoms with Gasteiger partial charge in [-0.1, -0.05) is 36.4 Å². The van der Waals surface area contributed by atoms with Crippen molar-refractivity contribution >= 4 is 21.8 Å². The summed E-state index contributed by atoms with van der Waals surface area (Å²) in [6.45, 7) is 3.82. The third-order valence-corrected chi connectivity index (χ3v) is 3.68. The Morgan fingerprint density at radius 2 is 0.962 bits per heavy atom. The molecule has 4 nitrogen and oxygen atoms in total. The predicted octanol–water partition coefficient (Wildman–Crippen LogP) is 4.49. The fraction of sp³-hybridized carbons (Fsp3) is 0.100.